The summed E-state index contributed by atoms with van der Waals surface area (Å²) >= 11 is 0. The molecule has 4 rings (SSSR count). The van der Waals surface area contributed by atoms with Crippen molar-refractivity contribution < 1.29 is 4.52 Å². The number of aryl methyl sites for hydroxylation is 2. The van der Waals surface area contributed by atoms with Crippen LogP contribution < -0.4 is 5.32 Å². The summed E-state index contributed by atoms with van der Waals surface area (Å²) in [5, 5.41) is 11.7. The van der Waals surface area contributed by atoms with Crippen molar-refractivity contribution in [2.24, 2.45) is 0 Å². The molecule has 7 nitrogen and oxygen atoms in total. The van der Waals surface area contributed by atoms with E-state index < -0.39 is 0 Å². The zero-order chi connectivity index (χ0) is 15.1. The van der Waals surface area contributed by atoms with Crippen LogP contribution in [0.4, 0.5) is 0 Å². The summed E-state index contributed by atoms with van der Waals surface area (Å²) in [6, 6.07) is 6.06. The second-order valence-electron chi connectivity index (χ2n) is 5.50. The van der Waals surface area contributed by atoms with E-state index in [4.69, 9.17) is 4.52 Å². The van der Waals surface area contributed by atoms with Crippen molar-refractivity contribution in [2.45, 2.75) is 26.3 Å². The number of nitrogens with zero attached hydrogens (tertiary/aromatic N) is 5. The van der Waals surface area contributed by atoms with Gasteiger partial charge in [-0.3, -0.25) is 0 Å². The Kier molecular flexibility index (Phi) is 4.14. The number of hydrogen-bond donors (Lipinski definition) is 1. The highest BCUT2D eigenvalue weighted by atomic mass is 35.5. The highest BCUT2D eigenvalue weighted by Crippen LogP contribution is 2.24. The van der Waals surface area contributed by atoms with Gasteiger partial charge >= 0.3 is 0 Å². The molecule has 0 amide bonds. The van der Waals surface area contributed by atoms with E-state index in [9.17, 15) is 0 Å². The summed E-state index contributed by atoms with van der Waals surface area (Å²) in [5.74, 6) is 1.98. The number of nitrogens with one attached hydrogen (secondary N) is 1. The quantitative estimate of drug-likeness (QED) is 0.793. The first-order chi connectivity index (χ1) is 10.7. The Morgan fingerprint density at radius 1 is 1.30 bits per heavy atom. The lowest BCUT2D eigenvalue weighted by Gasteiger charge is -2.23. The molecular weight excluding hydrogens is 316 g/mol. The number of aromatic nitrogens is 5. The molecule has 1 saturated heterocycles. The molecule has 23 heavy (non-hydrogen) atoms. The van der Waals surface area contributed by atoms with Gasteiger partial charge in [-0.2, -0.15) is 10.1 Å². The minimum absolute atomic E-state index is 0. The van der Waals surface area contributed by atoms with Crippen LogP contribution in [-0.2, 0) is 0 Å². The second kappa shape index (κ2) is 6.10. The monoisotopic (exact) mass is 332 g/mol. The molecule has 1 N–H and O–H groups in total. The molecule has 0 spiro atoms. The fraction of sp³-hybridized carbons (Fsp3) is 0.333. The van der Waals surface area contributed by atoms with E-state index in [0.717, 1.165) is 35.7 Å². The van der Waals surface area contributed by atoms with Crippen LogP contribution in [0.15, 0.2) is 28.9 Å². The van der Waals surface area contributed by atoms with E-state index in [1.54, 1.807) is 6.20 Å². The van der Waals surface area contributed by atoms with Gasteiger partial charge in [0.25, 0.3) is 0 Å². The summed E-state index contributed by atoms with van der Waals surface area (Å²) in [5.41, 5.74) is 2.86. The number of halogens is 1. The molecule has 0 aliphatic carbocycles. The average molecular weight is 333 g/mol. The highest BCUT2D eigenvalue weighted by Gasteiger charge is 2.24. The summed E-state index contributed by atoms with van der Waals surface area (Å²) < 4.78 is 7.11. The first-order valence-corrected chi connectivity index (χ1v) is 7.28. The lowest BCUT2D eigenvalue weighted by atomic mass is 10.1. The van der Waals surface area contributed by atoms with E-state index in [1.165, 1.54) is 0 Å². The van der Waals surface area contributed by atoms with Gasteiger partial charge in [-0.1, -0.05) is 5.16 Å². The van der Waals surface area contributed by atoms with Gasteiger partial charge < -0.3 is 9.84 Å². The van der Waals surface area contributed by atoms with Crippen molar-refractivity contribution in [3.8, 4) is 17.2 Å². The van der Waals surface area contributed by atoms with Gasteiger partial charge in [0, 0.05) is 17.5 Å². The molecule has 0 saturated carbocycles. The third kappa shape index (κ3) is 2.85. The van der Waals surface area contributed by atoms with Crippen molar-refractivity contribution in [1.82, 2.24) is 30.2 Å². The fourth-order valence-electron chi connectivity index (χ4n) is 2.50. The number of rotatable bonds is 3. The van der Waals surface area contributed by atoms with Crippen molar-refractivity contribution in [2.75, 3.05) is 6.54 Å². The predicted octanol–water partition coefficient (Wildman–Crippen LogP) is 2.39. The molecule has 0 radical (unpaired) electrons. The first-order valence-electron chi connectivity index (χ1n) is 7.28. The molecule has 8 heteroatoms. The Morgan fingerprint density at radius 2 is 2.13 bits per heavy atom. The van der Waals surface area contributed by atoms with Gasteiger partial charge in [-0.15, -0.1) is 12.4 Å². The van der Waals surface area contributed by atoms with Gasteiger partial charge in [0.1, 0.15) is 0 Å². The van der Waals surface area contributed by atoms with Crippen molar-refractivity contribution in [1.29, 1.82) is 0 Å². The van der Waals surface area contributed by atoms with E-state index in [2.05, 4.69) is 25.5 Å². The van der Waals surface area contributed by atoms with Crippen LogP contribution in [0.25, 0.3) is 17.2 Å². The zero-order valence-electron chi connectivity index (χ0n) is 12.9. The lowest BCUT2D eigenvalue weighted by molar-refractivity contribution is 0.273. The third-order valence-corrected chi connectivity index (χ3v) is 3.80. The third-order valence-electron chi connectivity index (χ3n) is 3.80. The second-order valence-corrected chi connectivity index (χ2v) is 5.50. The lowest BCUT2D eigenvalue weighted by Crippen LogP contribution is -2.35. The smallest absolute Gasteiger partial charge is 0.244 e. The Labute approximate surface area is 139 Å². The predicted molar refractivity (Wildman–Crippen MR) is 86.7 cm³/mol. The minimum atomic E-state index is 0. The summed E-state index contributed by atoms with van der Waals surface area (Å²) in [7, 11) is 0. The molecule has 3 aromatic heterocycles. The van der Waals surface area contributed by atoms with Gasteiger partial charge in [-0.25, -0.2) is 9.67 Å². The van der Waals surface area contributed by atoms with Crippen LogP contribution in [0.3, 0.4) is 0 Å². The van der Waals surface area contributed by atoms with Gasteiger partial charge in [0.05, 0.1) is 11.7 Å². The molecular formula is C15H17ClN6O. The summed E-state index contributed by atoms with van der Waals surface area (Å²) in [6.07, 6.45) is 2.78. The van der Waals surface area contributed by atoms with Crippen LogP contribution in [-0.4, -0.2) is 31.4 Å². The SMILES string of the molecule is Cc1cc(C)n(-c2ccc(-c3noc([C@H]4CCN4)n3)cn2)n1.Cl. The van der Waals surface area contributed by atoms with Crippen molar-refractivity contribution >= 4 is 12.4 Å². The molecule has 1 aliphatic rings. The molecule has 1 aliphatic heterocycles. The van der Waals surface area contributed by atoms with E-state index >= 15 is 0 Å². The number of hydrogen-bond acceptors (Lipinski definition) is 6. The molecule has 120 valence electrons. The molecule has 0 bridgehead atoms. The molecule has 0 aromatic carbocycles. The fourth-order valence-corrected chi connectivity index (χ4v) is 2.50. The maximum Gasteiger partial charge on any atom is 0.244 e. The van der Waals surface area contributed by atoms with E-state index in [0.29, 0.717) is 11.7 Å². The molecule has 1 atom stereocenters. The Hall–Kier alpha value is -2.25. The average Bonchev–Trinajstić information content (AvgIpc) is 3.04. The van der Waals surface area contributed by atoms with Crippen LogP contribution in [0, 0.1) is 13.8 Å². The highest BCUT2D eigenvalue weighted by molar-refractivity contribution is 5.85. The standard InChI is InChI=1S/C15H16N6O.ClH/c1-9-7-10(2)21(19-9)13-4-3-11(8-17-13)14-18-15(22-20-14)12-5-6-16-12;/h3-4,7-8,12,16H,5-6H2,1-2H3;1H/t12-;/m1./s1. The van der Waals surface area contributed by atoms with Gasteiger partial charge in [0.15, 0.2) is 5.82 Å². The van der Waals surface area contributed by atoms with E-state index in [1.807, 2.05) is 36.7 Å². The first kappa shape index (κ1) is 15.6. The molecule has 1 fully saturated rings. The normalized spacial score (nSPS) is 16.7. The maximum atomic E-state index is 5.29. The molecule has 0 unspecified atom stereocenters. The van der Waals surface area contributed by atoms with E-state index in [-0.39, 0.29) is 18.4 Å². The van der Waals surface area contributed by atoms with Crippen LogP contribution in [0.2, 0.25) is 0 Å². The Bertz CT molecular complexity index is 806. The zero-order valence-corrected chi connectivity index (χ0v) is 13.7. The Balaban J connectivity index is 0.00000156. The Morgan fingerprint density at radius 3 is 2.70 bits per heavy atom. The van der Waals surface area contributed by atoms with Crippen molar-refractivity contribution in [3.05, 3.63) is 41.7 Å². The van der Waals surface area contributed by atoms with Crippen LogP contribution in [0.1, 0.15) is 29.7 Å². The maximum absolute atomic E-state index is 5.29. The van der Waals surface area contributed by atoms with Gasteiger partial charge in [0.2, 0.25) is 11.7 Å². The molecule has 3 aromatic rings. The van der Waals surface area contributed by atoms with Gasteiger partial charge in [-0.05, 0) is 45.0 Å². The summed E-state index contributed by atoms with van der Waals surface area (Å²) in [4.78, 5) is 8.87. The molecule has 4 heterocycles. The largest absolute Gasteiger partial charge is 0.337 e. The minimum Gasteiger partial charge on any atom is -0.337 e. The topological polar surface area (TPSA) is 81.7 Å². The van der Waals surface area contributed by atoms with Crippen LogP contribution in [0.5, 0.6) is 0 Å². The van der Waals surface area contributed by atoms with Crippen molar-refractivity contribution in [3.63, 3.8) is 0 Å². The van der Waals surface area contributed by atoms with Crippen LogP contribution >= 0.6 is 12.4 Å². The summed E-state index contributed by atoms with van der Waals surface area (Å²) in [6.45, 7) is 4.97. The number of pyridine rings is 1.